The number of carbonyl (C=O) groups is 1. The van der Waals surface area contributed by atoms with E-state index in [-0.39, 0.29) is 12.1 Å². The Bertz CT molecular complexity index is 1070. The van der Waals surface area contributed by atoms with Gasteiger partial charge in [-0.3, -0.25) is 4.99 Å². The monoisotopic (exact) mass is 504 g/mol. The zero-order chi connectivity index (χ0) is 23.1. The van der Waals surface area contributed by atoms with Gasteiger partial charge in [0.2, 0.25) is 0 Å². The molecule has 2 N–H and O–H groups in total. The lowest BCUT2D eigenvalue weighted by molar-refractivity contribution is -0.192. The number of carboxylic acids is 1. The first-order valence-corrected chi connectivity index (χ1v) is 10.5. The van der Waals surface area contributed by atoms with E-state index in [4.69, 9.17) is 14.9 Å². The van der Waals surface area contributed by atoms with Crippen molar-refractivity contribution in [2.45, 2.75) is 24.7 Å². The number of aliphatic imine (C=N–C) groups is 1. The van der Waals surface area contributed by atoms with Crippen molar-refractivity contribution in [1.29, 1.82) is 0 Å². The summed E-state index contributed by atoms with van der Waals surface area (Å²) in [4.78, 5) is 13.9. The van der Waals surface area contributed by atoms with Crippen molar-refractivity contribution in [3.63, 3.8) is 0 Å². The smallest absolute Gasteiger partial charge is 0.475 e. The van der Waals surface area contributed by atoms with Crippen molar-refractivity contribution in [3.8, 4) is 0 Å². The van der Waals surface area contributed by atoms with Gasteiger partial charge in [-0.1, -0.05) is 94.8 Å². The number of hydrogen-bond donors (Lipinski definition) is 2. The van der Waals surface area contributed by atoms with Gasteiger partial charge in [-0.2, -0.15) is 13.2 Å². The normalized spacial score (nSPS) is 17.6. The molecule has 0 amide bonds. The molecule has 0 saturated carbocycles. The number of amidine groups is 1. The van der Waals surface area contributed by atoms with Crippen molar-refractivity contribution in [2.24, 2.45) is 4.99 Å². The summed E-state index contributed by atoms with van der Waals surface area (Å²) in [6, 6.07) is 29.7. The van der Waals surface area contributed by atoms with Gasteiger partial charge in [0.05, 0.1) is 6.04 Å². The quantitative estimate of drug-likeness (QED) is 0.450. The number of halogens is 4. The molecule has 0 radical (unpaired) electrons. The third kappa shape index (κ3) is 6.20. The van der Waals surface area contributed by atoms with Crippen LogP contribution in [-0.2, 0) is 11.2 Å². The fourth-order valence-corrected chi connectivity index (χ4v) is 3.73. The fraction of sp³-hybridized carbons (Fsp3) is 0.167. The number of carboxylic acid groups (broad SMARTS) is 1. The Morgan fingerprint density at radius 2 is 1.41 bits per heavy atom. The van der Waals surface area contributed by atoms with Crippen molar-refractivity contribution in [2.75, 3.05) is 0 Å². The van der Waals surface area contributed by atoms with E-state index in [0.717, 1.165) is 16.7 Å². The maximum absolute atomic E-state index is 10.6. The van der Waals surface area contributed by atoms with Crippen LogP contribution >= 0.6 is 15.9 Å². The summed E-state index contributed by atoms with van der Waals surface area (Å²) in [5.41, 5.74) is 3.75. The van der Waals surface area contributed by atoms with Crippen LogP contribution in [-0.4, -0.2) is 23.1 Å². The van der Waals surface area contributed by atoms with Crippen LogP contribution in [0.2, 0.25) is 0 Å². The van der Waals surface area contributed by atoms with Gasteiger partial charge in [-0.05, 0) is 22.8 Å². The predicted octanol–water partition coefficient (Wildman–Crippen LogP) is 6.11. The van der Waals surface area contributed by atoms with E-state index in [1.165, 1.54) is 16.7 Å². The second-order valence-electron chi connectivity index (χ2n) is 7.04. The first-order valence-electron chi connectivity index (χ1n) is 9.72. The Morgan fingerprint density at radius 1 is 0.906 bits per heavy atom. The molecule has 166 valence electrons. The minimum Gasteiger partial charge on any atom is -0.475 e. The summed E-state index contributed by atoms with van der Waals surface area (Å²) in [5, 5.41) is 10.8. The lowest BCUT2D eigenvalue weighted by atomic mass is 9.95. The first-order chi connectivity index (χ1) is 15.3. The zero-order valence-electron chi connectivity index (χ0n) is 16.8. The van der Waals surface area contributed by atoms with Crippen molar-refractivity contribution < 1.29 is 23.1 Å². The SMILES string of the molecule is Brc1ccccc1CC1=N[C@H](c2ccccc2)[C@H](c2ccccc2)N1.O=C(O)C(F)(F)F. The summed E-state index contributed by atoms with van der Waals surface area (Å²) < 4.78 is 32.9. The first kappa shape index (κ1) is 23.5. The van der Waals surface area contributed by atoms with Gasteiger partial charge < -0.3 is 10.4 Å². The zero-order valence-corrected chi connectivity index (χ0v) is 18.3. The highest BCUT2D eigenvalue weighted by Crippen LogP contribution is 2.36. The minimum atomic E-state index is -5.08. The van der Waals surface area contributed by atoms with Crippen LogP contribution in [0.4, 0.5) is 13.2 Å². The van der Waals surface area contributed by atoms with E-state index in [0.29, 0.717) is 0 Å². The molecular weight excluding hydrogens is 485 g/mol. The molecule has 0 bridgehead atoms. The molecule has 4 nitrogen and oxygen atoms in total. The minimum absolute atomic E-state index is 0.0982. The molecule has 8 heteroatoms. The third-order valence-corrected chi connectivity index (χ3v) is 5.56. The van der Waals surface area contributed by atoms with Crippen LogP contribution in [0.3, 0.4) is 0 Å². The van der Waals surface area contributed by atoms with Gasteiger partial charge in [0, 0.05) is 10.9 Å². The molecule has 32 heavy (non-hydrogen) atoms. The molecule has 0 fully saturated rings. The highest BCUT2D eigenvalue weighted by Gasteiger charge is 2.38. The summed E-state index contributed by atoms with van der Waals surface area (Å²) >= 11 is 3.64. The number of alkyl halides is 3. The Balaban J connectivity index is 0.000000360. The van der Waals surface area contributed by atoms with Gasteiger partial charge in [-0.25, -0.2) is 4.79 Å². The molecule has 1 aliphatic rings. The molecule has 0 unspecified atom stereocenters. The number of hydrogen-bond acceptors (Lipinski definition) is 3. The molecule has 1 heterocycles. The summed E-state index contributed by atoms with van der Waals surface area (Å²) in [6.45, 7) is 0. The maximum atomic E-state index is 10.6. The topological polar surface area (TPSA) is 61.7 Å². The van der Waals surface area contributed by atoms with Gasteiger partial charge in [0.25, 0.3) is 0 Å². The third-order valence-electron chi connectivity index (χ3n) is 4.79. The van der Waals surface area contributed by atoms with E-state index >= 15 is 0 Å². The molecule has 3 aromatic rings. The standard InChI is InChI=1S/C22H19BrN2.C2HF3O2/c23-19-14-8-7-13-18(19)15-20-24-21(16-9-3-1-4-10-16)22(25-20)17-11-5-2-6-12-17;3-2(4,5)1(6)7/h1-14,21-22H,15H2,(H,24,25);(H,6,7)/t21-,22+;. The average Bonchev–Trinajstić information content (AvgIpc) is 3.20. The molecule has 4 rings (SSSR count). The van der Waals surface area contributed by atoms with Crippen molar-refractivity contribution in [3.05, 3.63) is 106 Å². The molecular formula is C24H20BrF3N2O2. The van der Waals surface area contributed by atoms with E-state index < -0.39 is 12.1 Å². The Hall–Kier alpha value is -3.13. The molecule has 0 aliphatic carbocycles. The average molecular weight is 505 g/mol. The van der Waals surface area contributed by atoms with Crippen LogP contribution in [0.1, 0.15) is 28.8 Å². The highest BCUT2D eigenvalue weighted by molar-refractivity contribution is 9.10. The van der Waals surface area contributed by atoms with Gasteiger partial charge in [0.15, 0.2) is 0 Å². The summed E-state index contributed by atoms with van der Waals surface area (Å²) in [6.07, 6.45) is -4.28. The Labute approximate surface area is 192 Å². The predicted molar refractivity (Wildman–Crippen MR) is 120 cm³/mol. The van der Waals surface area contributed by atoms with E-state index in [1.54, 1.807) is 0 Å². The van der Waals surface area contributed by atoms with Gasteiger partial charge in [0.1, 0.15) is 11.9 Å². The van der Waals surface area contributed by atoms with Crippen LogP contribution in [0.5, 0.6) is 0 Å². The van der Waals surface area contributed by atoms with Crippen molar-refractivity contribution in [1.82, 2.24) is 5.32 Å². The Morgan fingerprint density at radius 3 is 1.94 bits per heavy atom. The van der Waals surface area contributed by atoms with Crippen LogP contribution < -0.4 is 5.32 Å². The van der Waals surface area contributed by atoms with Crippen LogP contribution in [0.15, 0.2) is 94.4 Å². The molecule has 0 aromatic heterocycles. The number of nitrogens with one attached hydrogen (secondary N) is 1. The number of benzene rings is 3. The Kier molecular flexibility index (Phi) is 7.69. The molecule has 1 aliphatic heterocycles. The lowest BCUT2D eigenvalue weighted by Gasteiger charge is -2.19. The van der Waals surface area contributed by atoms with Crippen molar-refractivity contribution >= 4 is 27.7 Å². The molecule has 3 aromatic carbocycles. The molecule has 0 saturated heterocycles. The maximum Gasteiger partial charge on any atom is 0.490 e. The van der Waals surface area contributed by atoms with Gasteiger partial charge >= 0.3 is 12.1 Å². The number of rotatable bonds is 4. The summed E-state index contributed by atoms with van der Waals surface area (Å²) in [7, 11) is 0. The van der Waals surface area contributed by atoms with E-state index in [1.807, 2.05) is 6.07 Å². The largest absolute Gasteiger partial charge is 0.490 e. The van der Waals surface area contributed by atoms with Gasteiger partial charge in [-0.15, -0.1) is 0 Å². The van der Waals surface area contributed by atoms with Crippen LogP contribution in [0.25, 0.3) is 0 Å². The highest BCUT2D eigenvalue weighted by atomic mass is 79.9. The second-order valence-corrected chi connectivity index (χ2v) is 7.89. The lowest BCUT2D eigenvalue weighted by Crippen LogP contribution is -2.25. The molecule has 0 spiro atoms. The van der Waals surface area contributed by atoms with E-state index in [2.05, 4.69) is 100 Å². The fourth-order valence-electron chi connectivity index (χ4n) is 3.30. The second kappa shape index (κ2) is 10.5. The van der Waals surface area contributed by atoms with E-state index in [9.17, 15) is 13.2 Å². The van der Waals surface area contributed by atoms with Crippen LogP contribution in [0, 0.1) is 0 Å². The number of aliphatic carboxylic acids is 1. The number of nitrogens with zero attached hydrogens (tertiary/aromatic N) is 1. The summed E-state index contributed by atoms with van der Waals surface area (Å²) in [5.74, 6) is -1.72. The molecule has 2 atom stereocenters.